The average Bonchev–Trinajstić information content (AvgIpc) is 2.79. The molecule has 19 heavy (non-hydrogen) atoms. The third-order valence-corrected chi connectivity index (χ3v) is 3.48. The summed E-state index contributed by atoms with van der Waals surface area (Å²) in [6.45, 7) is 3.03. The summed E-state index contributed by atoms with van der Waals surface area (Å²) in [5.41, 5.74) is 0. The Morgan fingerprint density at radius 1 is 1.53 bits per heavy atom. The Morgan fingerprint density at radius 2 is 2.32 bits per heavy atom. The molecule has 108 valence electrons. The quantitative estimate of drug-likeness (QED) is 0.446. The van der Waals surface area contributed by atoms with Crippen molar-refractivity contribution in [2.75, 3.05) is 25.1 Å². The summed E-state index contributed by atoms with van der Waals surface area (Å²) in [4.78, 5) is 4.18. The Kier molecular flexibility index (Phi) is 6.79. The first-order valence-electron chi connectivity index (χ1n) is 5.87. The van der Waals surface area contributed by atoms with Crippen molar-refractivity contribution in [1.82, 2.24) is 10.0 Å². The molecule has 0 fully saturated rings. The average molecular weight is 305 g/mol. The van der Waals surface area contributed by atoms with Gasteiger partial charge in [-0.2, -0.15) is 11.8 Å². The van der Waals surface area contributed by atoms with E-state index >= 15 is 0 Å². The van der Waals surface area contributed by atoms with Crippen LogP contribution in [0.1, 0.15) is 12.7 Å². The van der Waals surface area contributed by atoms with Gasteiger partial charge in [0.15, 0.2) is 0 Å². The highest BCUT2D eigenvalue weighted by molar-refractivity contribution is 7.98. The monoisotopic (exact) mass is 305 g/mol. The zero-order valence-corrected chi connectivity index (χ0v) is 12.7. The fraction of sp³-hybridized carbons (Fsp3) is 0.545. The highest BCUT2D eigenvalue weighted by Crippen LogP contribution is 2.11. The molecule has 1 rings (SSSR count). The lowest BCUT2D eigenvalue weighted by Gasteiger charge is -2.08. The van der Waals surface area contributed by atoms with Crippen molar-refractivity contribution in [3.05, 3.63) is 24.2 Å². The Bertz CT molecular complexity index is 483. The number of guanidine groups is 1. The van der Waals surface area contributed by atoms with Gasteiger partial charge in [0.1, 0.15) is 5.76 Å². The van der Waals surface area contributed by atoms with Crippen LogP contribution in [0, 0.1) is 0 Å². The van der Waals surface area contributed by atoms with Crippen LogP contribution in [0.2, 0.25) is 0 Å². The molecule has 0 saturated carbocycles. The first-order chi connectivity index (χ1) is 9.01. The number of thioether (sulfide) groups is 1. The topological polar surface area (TPSA) is 83.7 Å². The normalized spacial score (nSPS) is 12.4. The maximum atomic E-state index is 11.1. The third kappa shape index (κ3) is 7.78. The Balaban J connectivity index is 2.30. The van der Waals surface area contributed by atoms with Crippen LogP contribution in [-0.2, 0) is 15.8 Å². The van der Waals surface area contributed by atoms with Crippen molar-refractivity contribution in [2.24, 2.45) is 4.99 Å². The predicted molar refractivity (Wildman–Crippen MR) is 78.8 cm³/mol. The van der Waals surface area contributed by atoms with E-state index < -0.39 is 10.0 Å². The molecule has 0 unspecified atom stereocenters. The lowest BCUT2D eigenvalue weighted by atomic mass is 10.5. The van der Waals surface area contributed by atoms with E-state index in [-0.39, 0.29) is 0 Å². The van der Waals surface area contributed by atoms with Crippen molar-refractivity contribution in [1.29, 1.82) is 0 Å². The molecule has 0 bridgehead atoms. The molecule has 0 aromatic carbocycles. The molecule has 2 N–H and O–H groups in total. The number of aliphatic imine (C=N–C) groups is 1. The van der Waals surface area contributed by atoms with Gasteiger partial charge in [-0.1, -0.05) is 0 Å². The van der Waals surface area contributed by atoms with Crippen LogP contribution in [0.25, 0.3) is 0 Å². The molecule has 1 heterocycles. The number of furan rings is 1. The summed E-state index contributed by atoms with van der Waals surface area (Å²) < 4.78 is 29.8. The van der Waals surface area contributed by atoms with Gasteiger partial charge in [-0.3, -0.25) is 9.71 Å². The van der Waals surface area contributed by atoms with Crippen molar-refractivity contribution in [3.63, 3.8) is 0 Å². The van der Waals surface area contributed by atoms with Crippen LogP contribution >= 0.6 is 11.8 Å². The lowest BCUT2D eigenvalue weighted by molar-refractivity contribution is 0.530. The molecule has 0 amide bonds. The number of nitrogens with one attached hydrogen (secondary N) is 2. The summed E-state index contributed by atoms with van der Waals surface area (Å²) in [6, 6.07) is 3.78. The Labute approximate surface area is 118 Å². The van der Waals surface area contributed by atoms with E-state index in [1.165, 1.54) is 0 Å². The molecular formula is C11H19N3O3S2. The van der Waals surface area contributed by atoms with E-state index in [9.17, 15) is 8.42 Å². The molecule has 0 atom stereocenters. The minimum absolute atomic E-state index is 0.295. The molecular weight excluding hydrogens is 286 g/mol. The molecule has 0 spiro atoms. The van der Waals surface area contributed by atoms with Gasteiger partial charge < -0.3 is 9.73 Å². The van der Waals surface area contributed by atoms with Gasteiger partial charge in [0.2, 0.25) is 16.0 Å². The SMILES string of the molecule is CCNC(=NCCSCc1ccco1)NS(C)(=O)=O. The van der Waals surface area contributed by atoms with E-state index in [0.717, 1.165) is 23.5 Å². The number of hydrogen-bond donors (Lipinski definition) is 2. The van der Waals surface area contributed by atoms with Gasteiger partial charge in [0.25, 0.3) is 0 Å². The summed E-state index contributed by atoms with van der Waals surface area (Å²) in [5, 5.41) is 2.88. The van der Waals surface area contributed by atoms with Gasteiger partial charge in [0, 0.05) is 12.3 Å². The summed E-state index contributed by atoms with van der Waals surface area (Å²) in [7, 11) is -3.29. The summed E-state index contributed by atoms with van der Waals surface area (Å²) >= 11 is 1.68. The number of hydrogen-bond acceptors (Lipinski definition) is 5. The van der Waals surface area contributed by atoms with Gasteiger partial charge in [-0.05, 0) is 19.1 Å². The molecule has 0 saturated heterocycles. The fourth-order valence-corrected chi connectivity index (χ4v) is 2.47. The molecule has 1 aromatic heterocycles. The smallest absolute Gasteiger partial charge is 0.232 e. The van der Waals surface area contributed by atoms with E-state index in [0.29, 0.717) is 19.0 Å². The molecule has 1 aromatic rings. The molecule has 0 radical (unpaired) electrons. The molecule has 0 aliphatic heterocycles. The fourth-order valence-electron chi connectivity index (χ4n) is 1.26. The zero-order valence-electron chi connectivity index (χ0n) is 11.0. The Hall–Kier alpha value is -1.15. The van der Waals surface area contributed by atoms with Crippen molar-refractivity contribution in [2.45, 2.75) is 12.7 Å². The van der Waals surface area contributed by atoms with Gasteiger partial charge in [0.05, 0.1) is 24.8 Å². The van der Waals surface area contributed by atoms with Crippen LogP contribution in [-0.4, -0.2) is 39.5 Å². The summed E-state index contributed by atoms with van der Waals surface area (Å²) in [6.07, 6.45) is 2.75. The maximum Gasteiger partial charge on any atom is 0.232 e. The van der Waals surface area contributed by atoms with Crippen LogP contribution in [0.5, 0.6) is 0 Å². The van der Waals surface area contributed by atoms with Crippen molar-refractivity contribution >= 4 is 27.7 Å². The number of sulfonamides is 1. The van der Waals surface area contributed by atoms with Crippen molar-refractivity contribution < 1.29 is 12.8 Å². The second kappa shape index (κ2) is 8.11. The molecule has 6 nitrogen and oxygen atoms in total. The van der Waals surface area contributed by atoms with Gasteiger partial charge in [-0.15, -0.1) is 0 Å². The van der Waals surface area contributed by atoms with E-state index in [4.69, 9.17) is 4.42 Å². The minimum Gasteiger partial charge on any atom is -0.468 e. The minimum atomic E-state index is -3.29. The Morgan fingerprint density at radius 3 is 2.89 bits per heavy atom. The number of nitrogens with zero attached hydrogens (tertiary/aromatic N) is 1. The predicted octanol–water partition coefficient (Wildman–Crippen LogP) is 1.03. The van der Waals surface area contributed by atoms with Crippen molar-refractivity contribution in [3.8, 4) is 0 Å². The number of rotatable bonds is 7. The highest BCUT2D eigenvalue weighted by Gasteiger charge is 2.04. The maximum absolute atomic E-state index is 11.1. The van der Waals surface area contributed by atoms with E-state index in [1.54, 1.807) is 18.0 Å². The summed E-state index contributed by atoms with van der Waals surface area (Å²) in [5.74, 6) is 2.80. The van der Waals surface area contributed by atoms with E-state index in [2.05, 4.69) is 15.0 Å². The van der Waals surface area contributed by atoms with E-state index in [1.807, 2.05) is 19.1 Å². The van der Waals surface area contributed by atoms with Crippen LogP contribution < -0.4 is 10.0 Å². The highest BCUT2D eigenvalue weighted by atomic mass is 32.2. The van der Waals surface area contributed by atoms with Crippen LogP contribution in [0.4, 0.5) is 0 Å². The molecule has 0 aliphatic rings. The largest absolute Gasteiger partial charge is 0.468 e. The zero-order chi connectivity index (χ0) is 14.1. The second-order valence-electron chi connectivity index (χ2n) is 3.77. The second-order valence-corrected chi connectivity index (χ2v) is 6.62. The first-order valence-corrected chi connectivity index (χ1v) is 8.92. The molecule has 0 aliphatic carbocycles. The van der Waals surface area contributed by atoms with Gasteiger partial charge >= 0.3 is 0 Å². The van der Waals surface area contributed by atoms with Gasteiger partial charge in [-0.25, -0.2) is 8.42 Å². The standard InChI is InChI=1S/C11H19N3O3S2/c1-3-12-11(14-19(2,15)16)13-6-8-18-9-10-5-4-7-17-10/h4-5,7H,3,6,8-9H2,1-2H3,(H2,12,13,14). The molecule has 8 heteroatoms. The lowest BCUT2D eigenvalue weighted by Crippen LogP contribution is -2.40. The third-order valence-electron chi connectivity index (χ3n) is 1.96. The van der Waals surface area contributed by atoms with Crippen LogP contribution in [0.15, 0.2) is 27.8 Å². The van der Waals surface area contributed by atoms with Crippen LogP contribution in [0.3, 0.4) is 0 Å². The first kappa shape index (κ1) is 15.9.